The molecular formula is C7H7NO2. The number of aldehydes is 1. The monoisotopic (exact) mass is 137 g/mol. The summed E-state index contributed by atoms with van der Waals surface area (Å²) < 4.78 is 0. The molecule has 0 spiro atoms. The highest BCUT2D eigenvalue weighted by Crippen LogP contribution is 2.10. The van der Waals surface area contributed by atoms with E-state index in [1.807, 2.05) is 5.48 Å². The molecule has 1 aromatic carbocycles. The fourth-order valence-corrected chi connectivity index (χ4v) is 0.702. The molecular weight excluding hydrogens is 130 g/mol. The van der Waals surface area contributed by atoms with Gasteiger partial charge in [-0.15, -0.1) is 0 Å². The van der Waals surface area contributed by atoms with Crippen LogP contribution in [0.2, 0.25) is 0 Å². The molecule has 0 bridgehead atoms. The molecule has 0 aliphatic rings. The van der Waals surface area contributed by atoms with E-state index in [4.69, 9.17) is 5.21 Å². The third-order valence-corrected chi connectivity index (χ3v) is 1.21. The number of hydrogen-bond donors (Lipinski definition) is 2. The van der Waals surface area contributed by atoms with Crippen molar-refractivity contribution in [3.8, 4) is 0 Å². The lowest BCUT2D eigenvalue weighted by atomic mass is 10.2. The molecule has 0 amide bonds. The molecule has 3 nitrogen and oxygen atoms in total. The van der Waals surface area contributed by atoms with E-state index < -0.39 is 0 Å². The Morgan fingerprint density at radius 1 is 1.40 bits per heavy atom. The molecule has 0 radical (unpaired) electrons. The zero-order chi connectivity index (χ0) is 7.40. The van der Waals surface area contributed by atoms with E-state index in [0.717, 1.165) is 0 Å². The van der Waals surface area contributed by atoms with Crippen LogP contribution in [0.4, 0.5) is 5.69 Å². The van der Waals surface area contributed by atoms with E-state index in [1.54, 1.807) is 24.3 Å². The van der Waals surface area contributed by atoms with Gasteiger partial charge in [0.2, 0.25) is 0 Å². The molecule has 0 fully saturated rings. The Labute approximate surface area is 58.3 Å². The van der Waals surface area contributed by atoms with Crippen molar-refractivity contribution in [2.75, 3.05) is 5.48 Å². The number of carbonyl (C=O) groups is 1. The summed E-state index contributed by atoms with van der Waals surface area (Å²) in [6, 6.07) is 6.69. The highest BCUT2D eigenvalue weighted by Gasteiger charge is 1.95. The minimum Gasteiger partial charge on any atom is -0.298 e. The van der Waals surface area contributed by atoms with Gasteiger partial charge in [0, 0.05) is 5.56 Å². The van der Waals surface area contributed by atoms with Gasteiger partial charge in [-0.1, -0.05) is 12.1 Å². The summed E-state index contributed by atoms with van der Waals surface area (Å²) in [7, 11) is 0. The van der Waals surface area contributed by atoms with Gasteiger partial charge in [-0.2, -0.15) is 0 Å². The van der Waals surface area contributed by atoms with Crippen LogP contribution in [0.25, 0.3) is 0 Å². The smallest absolute Gasteiger partial charge is 0.152 e. The van der Waals surface area contributed by atoms with E-state index in [0.29, 0.717) is 17.5 Å². The normalized spacial score (nSPS) is 8.90. The lowest BCUT2D eigenvalue weighted by Gasteiger charge is -1.99. The predicted molar refractivity (Wildman–Crippen MR) is 37.2 cm³/mol. The lowest BCUT2D eigenvalue weighted by Crippen LogP contribution is -1.93. The summed E-state index contributed by atoms with van der Waals surface area (Å²) in [5, 5.41) is 8.44. The molecule has 0 atom stereocenters. The second kappa shape index (κ2) is 2.98. The maximum atomic E-state index is 10.2. The Kier molecular flexibility index (Phi) is 2.02. The van der Waals surface area contributed by atoms with Crippen molar-refractivity contribution in [3.63, 3.8) is 0 Å². The number of anilines is 1. The van der Waals surface area contributed by atoms with Crippen LogP contribution in [0.5, 0.6) is 0 Å². The average molecular weight is 137 g/mol. The molecule has 0 unspecified atom stereocenters. The zero-order valence-electron chi connectivity index (χ0n) is 5.24. The molecule has 0 saturated carbocycles. The summed E-state index contributed by atoms with van der Waals surface area (Å²) in [4.78, 5) is 10.2. The summed E-state index contributed by atoms with van der Waals surface area (Å²) >= 11 is 0. The maximum absolute atomic E-state index is 10.2. The Hall–Kier alpha value is -1.35. The number of para-hydroxylation sites is 1. The highest BCUT2D eigenvalue weighted by atomic mass is 16.5. The predicted octanol–water partition coefficient (Wildman–Crippen LogP) is 1.30. The van der Waals surface area contributed by atoms with Gasteiger partial charge < -0.3 is 0 Å². The van der Waals surface area contributed by atoms with Crippen LogP contribution in [0.3, 0.4) is 0 Å². The summed E-state index contributed by atoms with van der Waals surface area (Å²) in [5.41, 5.74) is 2.79. The maximum Gasteiger partial charge on any atom is 0.152 e. The number of benzene rings is 1. The van der Waals surface area contributed by atoms with Crippen molar-refractivity contribution in [3.05, 3.63) is 29.8 Å². The van der Waals surface area contributed by atoms with E-state index in [9.17, 15) is 4.79 Å². The fourth-order valence-electron chi connectivity index (χ4n) is 0.702. The second-order valence-electron chi connectivity index (χ2n) is 1.82. The molecule has 0 heterocycles. The molecule has 1 aromatic rings. The fraction of sp³-hybridized carbons (Fsp3) is 0. The highest BCUT2D eigenvalue weighted by molar-refractivity contribution is 5.83. The van der Waals surface area contributed by atoms with Gasteiger partial charge in [-0.3, -0.25) is 15.5 Å². The van der Waals surface area contributed by atoms with Gasteiger partial charge in [0.25, 0.3) is 0 Å². The van der Waals surface area contributed by atoms with Crippen LogP contribution in [0.1, 0.15) is 10.4 Å². The first-order valence-corrected chi connectivity index (χ1v) is 2.83. The van der Waals surface area contributed by atoms with E-state index in [1.165, 1.54) is 0 Å². The molecule has 10 heavy (non-hydrogen) atoms. The zero-order valence-corrected chi connectivity index (χ0v) is 5.24. The summed E-state index contributed by atoms with van der Waals surface area (Å²) in [6.07, 6.45) is 0.679. The number of hydrogen-bond acceptors (Lipinski definition) is 3. The van der Waals surface area contributed by atoms with Crippen LogP contribution in [-0.2, 0) is 0 Å². The van der Waals surface area contributed by atoms with E-state index in [2.05, 4.69) is 0 Å². The molecule has 0 saturated heterocycles. The van der Waals surface area contributed by atoms with Gasteiger partial charge >= 0.3 is 0 Å². The van der Waals surface area contributed by atoms with Gasteiger partial charge in [0.05, 0.1) is 5.69 Å². The first-order chi connectivity index (χ1) is 4.88. The topological polar surface area (TPSA) is 49.3 Å². The van der Waals surface area contributed by atoms with Crippen LogP contribution < -0.4 is 5.48 Å². The van der Waals surface area contributed by atoms with E-state index >= 15 is 0 Å². The van der Waals surface area contributed by atoms with Crippen LogP contribution in [0, 0.1) is 0 Å². The quantitative estimate of drug-likeness (QED) is 0.477. The molecule has 0 aliphatic carbocycles. The minimum atomic E-state index is 0.428. The van der Waals surface area contributed by atoms with Crippen molar-refractivity contribution in [2.45, 2.75) is 0 Å². The Balaban J connectivity index is 3.08. The SMILES string of the molecule is O=Cc1ccccc1NO. The van der Waals surface area contributed by atoms with Crippen molar-refractivity contribution in [2.24, 2.45) is 0 Å². The molecule has 1 rings (SSSR count). The van der Waals surface area contributed by atoms with Gasteiger partial charge in [-0.25, -0.2) is 0 Å². The Bertz CT molecular complexity index is 235. The second-order valence-corrected chi connectivity index (χ2v) is 1.82. The van der Waals surface area contributed by atoms with Crippen LogP contribution in [0.15, 0.2) is 24.3 Å². The number of nitrogens with one attached hydrogen (secondary N) is 1. The van der Waals surface area contributed by atoms with Crippen molar-refractivity contribution >= 4 is 12.0 Å². The third kappa shape index (κ3) is 1.14. The molecule has 0 aromatic heterocycles. The molecule has 2 N–H and O–H groups in total. The van der Waals surface area contributed by atoms with Crippen LogP contribution in [-0.4, -0.2) is 11.5 Å². The number of carbonyl (C=O) groups excluding carboxylic acids is 1. The van der Waals surface area contributed by atoms with E-state index in [-0.39, 0.29) is 0 Å². The standard InChI is InChI=1S/C7H7NO2/c9-5-6-3-1-2-4-7(6)8-10/h1-5,8,10H. The average Bonchev–Trinajstić information content (AvgIpc) is 2.04. The molecule has 52 valence electrons. The Morgan fingerprint density at radius 2 is 2.10 bits per heavy atom. The third-order valence-electron chi connectivity index (χ3n) is 1.21. The lowest BCUT2D eigenvalue weighted by molar-refractivity contribution is 0.112. The first kappa shape index (κ1) is 6.77. The summed E-state index contributed by atoms with van der Waals surface area (Å²) in [6.45, 7) is 0. The number of rotatable bonds is 2. The van der Waals surface area contributed by atoms with Gasteiger partial charge in [0.15, 0.2) is 6.29 Å². The first-order valence-electron chi connectivity index (χ1n) is 2.83. The van der Waals surface area contributed by atoms with Gasteiger partial charge in [0.1, 0.15) is 0 Å². The molecule has 3 heteroatoms. The van der Waals surface area contributed by atoms with Crippen LogP contribution >= 0.6 is 0 Å². The van der Waals surface area contributed by atoms with Crippen molar-refractivity contribution in [1.82, 2.24) is 0 Å². The van der Waals surface area contributed by atoms with Gasteiger partial charge in [-0.05, 0) is 12.1 Å². The summed E-state index contributed by atoms with van der Waals surface area (Å²) in [5.74, 6) is 0. The Morgan fingerprint density at radius 3 is 2.60 bits per heavy atom. The van der Waals surface area contributed by atoms with Crippen molar-refractivity contribution in [1.29, 1.82) is 0 Å². The van der Waals surface area contributed by atoms with Crippen molar-refractivity contribution < 1.29 is 10.0 Å². The minimum absolute atomic E-state index is 0.428. The molecule has 0 aliphatic heterocycles. The largest absolute Gasteiger partial charge is 0.298 e.